The van der Waals surface area contributed by atoms with E-state index in [1.54, 1.807) is 0 Å². The van der Waals surface area contributed by atoms with Crippen molar-refractivity contribution >= 4 is 11.6 Å². The quantitative estimate of drug-likeness (QED) is 0.550. The van der Waals surface area contributed by atoms with Crippen molar-refractivity contribution in [2.75, 3.05) is 18.9 Å². The van der Waals surface area contributed by atoms with Crippen LogP contribution in [0.4, 0.5) is 10.1 Å². The average molecular weight is 242 g/mol. The van der Waals surface area contributed by atoms with Crippen LogP contribution in [0.5, 0.6) is 0 Å². The van der Waals surface area contributed by atoms with Gasteiger partial charge in [-0.15, -0.1) is 0 Å². The number of hydrogen-bond acceptors (Lipinski definition) is 4. The number of anilines is 1. The Morgan fingerprint density at radius 3 is 2.53 bits per heavy atom. The molecule has 0 fully saturated rings. The fourth-order valence-electron chi connectivity index (χ4n) is 1.25. The average Bonchev–Trinajstić information content (AvgIpc) is 2.31. The molecule has 0 heterocycles. The van der Waals surface area contributed by atoms with Crippen molar-refractivity contribution in [1.29, 1.82) is 0 Å². The number of carbonyl (C=O) groups excluding carboxylic acids is 1. The minimum atomic E-state index is -0.770. The number of halogens is 1. The molecule has 0 radical (unpaired) electrons. The summed E-state index contributed by atoms with van der Waals surface area (Å²) in [6, 6.07) is 1.64. The molecule has 0 atom stereocenters. The summed E-state index contributed by atoms with van der Waals surface area (Å²) in [5.41, 5.74) is 6.05. The van der Waals surface area contributed by atoms with Crippen molar-refractivity contribution in [3.8, 4) is 0 Å². The number of nitrogens with two attached hydrogens (primary N) is 1. The highest BCUT2D eigenvalue weighted by molar-refractivity contribution is 5.95. The molecule has 94 valence electrons. The van der Waals surface area contributed by atoms with Crippen LogP contribution in [0.3, 0.4) is 0 Å². The van der Waals surface area contributed by atoms with Gasteiger partial charge in [0.15, 0.2) is 0 Å². The number of carbonyl (C=O) groups is 1. The minimum Gasteiger partial charge on any atom is -0.398 e. The summed E-state index contributed by atoms with van der Waals surface area (Å²) < 4.78 is 13.3. The van der Waals surface area contributed by atoms with Crippen LogP contribution in [0.25, 0.3) is 0 Å². The lowest BCUT2D eigenvalue weighted by Crippen LogP contribution is -2.40. The van der Waals surface area contributed by atoms with E-state index in [-0.39, 0.29) is 16.8 Å². The molecule has 1 rings (SSSR count). The molecule has 0 saturated carbocycles. The number of aliphatic hydroxyl groups is 2. The number of rotatable bonds is 4. The van der Waals surface area contributed by atoms with Crippen molar-refractivity contribution in [2.24, 2.45) is 0 Å². The Balaban J connectivity index is 2.90. The van der Waals surface area contributed by atoms with E-state index in [0.29, 0.717) is 0 Å². The minimum absolute atomic E-state index is 0.0532. The highest BCUT2D eigenvalue weighted by atomic mass is 19.1. The van der Waals surface area contributed by atoms with Crippen LogP contribution in [0.2, 0.25) is 0 Å². The Morgan fingerprint density at radius 1 is 1.47 bits per heavy atom. The molecule has 5 N–H and O–H groups in total. The number of nitrogen functional groups attached to an aromatic ring is 1. The Morgan fingerprint density at radius 2 is 2.06 bits per heavy atom. The van der Waals surface area contributed by atoms with Gasteiger partial charge < -0.3 is 21.3 Å². The monoisotopic (exact) mass is 242 g/mol. The number of amides is 1. The standard InChI is InChI=1S/C11H15FN2O3/c1-6-9(12)2-7(3-10(6)13)11(17)14-8(4-15)5-16/h2-3,8,15-16H,4-5,13H2,1H3,(H,14,17). The van der Waals surface area contributed by atoms with E-state index < -0.39 is 31.0 Å². The zero-order valence-corrected chi connectivity index (χ0v) is 9.40. The predicted molar refractivity (Wildman–Crippen MR) is 61.0 cm³/mol. The maximum absolute atomic E-state index is 13.3. The van der Waals surface area contributed by atoms with Crippen LogP contribution < -0.4 is 11.1 Å². The van der Waals surface area contributed by atoms with Gasteiger partial charge in [-0.05, 0) is 19.1 Å². The van der Waals surface area contributed by atoms with Crippen LogP contribution >= 0.6 is 0 Å². The molecule has 1 aromatic rings. The number of benzene rings is 1. The molecule has 5 nitrogen and oxygen atoms in total. The molecule has 0 unspecified atom stereocenters. The summed E-state index contributed by atoms with van der Waals surface area (Å²) in [6.07, 6.45) is 0. The van der Waals surface area contributed by atoms with Gasteiger partial charge in [0, 0.05) is 16.8 Å². The summed E-state index contributed by atoms with van der Waals surface area (Å²) in [7, 11) is 0. The Hall–Kier alpha value is -1.66. The molecule has 0 aliphatic carbocycles. The van der Waals surface area contributed by atoms with E-state index in [4.69, 9.17) is 15.9 Å². The molecule has 1 amide bonds. The molecule has 6 heteroatoms. The van der Waals surface area contributed by atoms with Crippen molar-refractivity contribution < 1.29 is 19.4 Å². The predicted octanol–water partition coefficient (Wildman–Crippen LogP) is -0.201. The lowest BCUT2D eigenvalue weighted by molar-refractivity contribution is 0.0879. The molecular formula is C11H15FN2O3. The van der Waals surface area contributed by atoms with Gasteiger partial charge in [-0.25, -0.2) is 4.39 Å². The molecule has 0 spiro atoms. The van der Waals surface area contributed by atoms with Gasteiger partial charge >= 0.3 is 0 Å². The first-order valence-corrected chi connectivity index (χ1v) is 5.07. The normalized spacial score (nSPS) is 10.6. The Kier molecular flexibility index (Phi) is 4.42. The second-order valence-corrected chi connectivity index (χ2v) is 3.71. The second-order valence-electron chi connectivity index (χ2n) is 3.71. The summed E-state index contributed by atoms with van der Waals surface area (Å²) in [5, 5.41) is 19.9. The second kappa shape index (κ2) is 5.60. The summed E-state index contributed by atoms with van der Waals surface area (Å²) in [4.78, 5) is 11.6. The third-order valence-corrected chi connectivity index (χ3v) is 2.42. The van der Waals surface area contributed by atoms with Gasteiger partial charge in [0.2, 0.25) is 0 Å². The Bertz CT molecular complexity index is 396. The topological polar surface area (TPSA) is 95.6 Å². The molecule has 0 aromatic heterocycles. The van der Waals surface area contributed by atoms with Crippen molar-refractivity contribution in [2.45, 2.75) is 13.0 Å². The molecule has 0 bridgehead atoms. The van der Waals surface area contributed by atoms with Gasteiger partial charge in [0.25, 0.3) is 5.91 Å². The summed E-state index contributed by atoms with van der Waals surface area (Å²) in [5.74, 6) is -1.16. The molecular weight excluding hydrogens is 227 g/mol. The van der Waals surface area contributed by atoms with E-state index in [9.17, 15) is 9.18 Å². The molecule has 0 aliphatic heterocycles. The third kappa shape index (κ3) is 3.15. The van der Waals surface area contributed by atoms with Crippen molar-refractivity contribution in [3.05, 3.63) is 29.1 Å². The Labute approximate surface area is 98.1 Å². The zero-order valence-electron chi connectivity index (χ0n) is 9.40. The summed E-state index contributed by atoms with van der Waals surface area (Å²) in [6.45, 7) is 0.717. The number of hydrogen-bond donors (Lipinski definition) is 4. The number of aliphatic hydroxyl groups excluding tert-OH is 2. The van der Waals surface area contributed by atoms with Gasteiger partial charge in [0.05, 0.1) is 19.3 Å². The molecule has 0 saturated heterocycles. The first kappa shape index (κ1) is 13.4. The van der Waals surface area contributed by atoms with Crippen LogP contribution in [-0.4, -0.2) is 35.4 Å². The first-order chi connectivity index (χ1) is 7.99. The van der Waals surface area contributed by atoms with Crippen LogP contribution in [0, 0.1) is 12.7 Å². The molecule has 0 aliphatic rings. The van der Waals surface area contributed by atoms with Gasteiger partial charge in [-0.1, -0.05) is 0 Å². The smallest absolute Gasteiger partial charge is 0.251 e. The van der Waals surface area contributed by atoms with E-state index in [1.165, 1.54) is 13.0 Å². The van der Waals surface area contributed by atoms with Gasteiger partial charge in [0.1, 0.15) is 5.82 Å². The molecule has 1 aromatic carbocycles. The third-order valence-electron chi connectivity index (χ3n) is 2.42. The lowest BCUT2D eigenvalue weighted by Gasteiger charge is -2.14. The zero-order chi connectivity index (χ0) is 13.0. The van der Waals surface area contributed by atoms with E-state index >= 15 is 0 Å². The summed E-state index contributed by atoms with van der Waals surface area (Å²) >= 11 is 0. The van der Waals surface area contributed by atoms with E-state index in [2.05, 4.69) is 5.32 Å². The van der Waals surface area contributed by atoms with Crippen molar-refractivity contribution in [3.63, 3.8) is 0 Å². The fraction of sp³-hybridized carbons (Fsp3) is 0.364. The highest BCUT2D eigenvalue weighted by Crippen LogP contribution is 2.17. The largest absolute Gasteiger partial charge is 0.398 e. The number of nitrogens with one attached hydrogen (secondary N) is 1. The van der Waals surface area contributed by atoms with Crippen LogP contribution in [-0.2, 0) is 0 Å². The first-order valence-electron chi connectivity index (χ1n) is 5.07. The van der Waals surface area contributed by atoms with Crippen LogP contribution in [0.1, 0.15) is 15.9 Å². The van der Waals surface area contributed by atoms with E-state index in [1.807, 2.05) is 0 Å². The molecule has 17 heavy (non-hydrogen) atoms. The fourth-order valence-corrected chi connectivity index (χ4v) is 1.25. The van der Waals surface area contributed by atoms with Crippen LogP contribution in [0.15, 0.2) is 12.1 Å². The lowest BCUT2D eigenvalue weighted by atomic mass is 10.1. The maximum Gasteiger partial charge on any atom is 0.251 e. The van der Waals surface area contributed by atoms with Gasteiger partial charge in [-0.3, -0.25) is 4.79 Å². The van der Waals surface area contributed by atoms with E-state index in [0.717, 1.165) is 6.07 Å². The van der Waals surface area contributed by atoms with Gasteiger partial charge in [-0.2, -0.15) is 0 Å². The highest BCUT2D eigenvalue weighted by Gasteiger charge is 2.14. The maximum atomic E-state index is 13.3. The van der Waals surface area contributed by atoms with Crippen molar-refractivity contribution in [1.82, 2.24) is 5.32 Å². The SMILES string of the molecule is Cc1c(N)cc(C(=O)NC(CO)CO)cc1F.